The van der Waals surface area contributed by atoms with Gasteiger partial charge in [-0.3, -0.25) is 0 Å². The largest absolute Gasteiger partial charge is 0.378 e. The van der Waals surface area contributed by atoms with Crippen molar-refractivity contribution in [2.45, 2.75) is 33.2 Å². The van der Waals surface area contributed by atoms with E-state index in [2.05, 4.69) is 57.8 Å². The molecule has 1 atom stereocenters. The number of amides is 2. The molecule has 2 aliphatic rings. The molecule has 1 unspecified atom stereocenters. The Morgan fingerprint density at radius 3 is 2.43 bits per heavy atom. The number of fused-ring (bicyclic) bond motifs is 1. The van der Waals surface area contributed by atoms with Gasteiger partial charge in [0, 0.05) is 42.5 Å². The van der Waals surface area contributed by atoms with Crippen molar-refractivity contribution in [3.05, 3.63) is 70.6 Å². The van der Waals surface area contributed by atoms with Crippen LogP contribution < -0.4 is 10.2 Å². The minimum Gasteiger partial charge on any atom is -0.378 e. The van der Waals surface area contributed by atoms with Crippen LogP contribution in [-0.4, -0.2) is 61.3 Å². The van der Waals surface area contributed by atoms with Gasteiger partial charge in [-0.1, -0.05) is 35.5 Å². The number of carbonyl (C=O) groups excluding carboxylic acids is 1. The number of hydrogen-bond donors (Lipinski definition) is 1. The molecule has 3 aromatic rings. The van der Waals surface area contributed by atoms with E-state index in [1.165, 1.54) is 5.56 Å². The van der Waals surface area contributed by atoms with Crippen molar-refractivity contribution < 1.29 is 14.1 Å². The van der Waals surface area contributed by atoms with Crippen LogP contribution in [0.15, 0.2) is 52.1 Å². The van der Waals surface area contributed by atoms with E-state index in [4.69, 9.17) is 14.4 Å². The van der Waals surface area contributed by atoms with E-state index in [-0.39, 0.29) is 12.1 Å². The number of hydrogen-bond acceptors (Lipinski definition) is 6. The van der Waals surface area contributed by atoms with Crippen LogP contribution in [0.5, 0.6) is 0 Å². The number of ether oxygens (including phenoxy) is 1. The smallest absolute Gasteiger partial charge is 0.337 e. The molecular formula is C27H31N5O3. The highest BCUT2D eigenvalue weighted by molar-refractivity contribution is 6.14. The molecule has 182 valence electrons. The number of rotatable bonds is 3. The summed E-state index contributed by atoms with van der Waals surface area (Å²) in [4.78, 5) is 15.1. The maximum Gasteiger partial charge on any atom is 0.337 e. The molecule has 2 aromatic carbocycles. The summed E-state index contributed by atoms with van der Waals surface area (Å²) in [7, 11) is 1.64. The quantitative estimate of drug-likeness (QED) is 0.618. The lowest BCUT2D eigenvalue weighted by Gasteiger charge is -2.29. The van der Waals surface area contributed by atoms with Crippen molar-refractivity contribution in [1.29, 1.82) is 0 Å². The summed E-state index contributed by atoms with van der Waals surface area (Å²) in [5.41, 5.74) is 8.02. The summed E-state index contributed by atoms with van der Waals surface area (Å²) in [5.74, 6) is 0.794. The van der Waals surface area contributed by atoms with E-state index in [0.717, 1.165) is 77.8 Å². The highest BCUT2D eigenvalue weighted by Crippen LogP contribution is 2.31. The highest BCUT2D eigenvalue weighted by Gasteiger charge is 2.28. The lowest BCUT2D eigenvalue weighted by Crippen LogP contribution is -2.41. The molecule has 1 aromatic heterocycles. The van der Waals surface area contributed by atoms with Gasteiger partial charge in [0.1, 0.15) is 5.76 Å². The minimum atomic E-state index is -0.219. The van der Waals surface area contributed by atoms with Crippen LogP contribution in [0.1, 0.15) is 35.1 Å². The third-order valence-electron chi connectivity index (χ3n) is 6.77. The molecule has 0 bridgehead atoms. The van der Waals surface area contributed by atoms with Crippen LogP contribution in [0.2, 0.25) is 0 Å². The molecule has 35 heavy (non-hydrogen) atoms. The molecular weight excluding hydrogens is 442 g/mol. The molecule has 8 heteroatoms. The summed E-state index contributed by atoms with van der Waals surface area (Å²) < 4.78 is 10.9. The van der Waals surface area contributed by atoms with Crippen LogP contribution >= 0.6 is 0 Å². The number of urea groups is 1. The molecule has 0 aliphatic carbocycles. The first-order valence-electron chi connectivity index (χ1n) is 12.1. The van der Waals surface area contributed by atoms with Gasteiger partial charge in [0.25, 0.3) is 0 Å². The van der Waals surface area contributed by atoms with Gasteiger partial charge in [-0.2, -0.15) is 5.10 Å². The zero-order valence-electron chi connectivity index (χ0n) is 20.7. The Morgan fingerprint density at radius 2 is 1.77 bits per heavy atom. The Balaban J connectivity index is 1.60. The predicted molar refractivity (Wildman–Crippen MR) is 136 cm³/mol. The second kappa shape index (κ2) is 9.54. The van der Waals surface area contributed by atoms with E-state index in [0.29, 0.717) is 0 Å². The first-order valence-corrected chi connectivity index (χ1v) is 12.1. The van der Waals surface area contributed by atoms with Crippen LogP contribution in [0, 0.1) is 13.8 Å². The zero-order valence-corrected chi connectivity index (χ0v) is 20.7. The normalized spacial score (nSPS) is 18.1. The molecule has 8 nitrogen and oxygen atoms in total. The molecule has 2 aliphatic heterocycles. The Kier molecular flexibility index (Phi) is 6.30. The van der Waals surface area contributed by atoms with Gasteiger partial charge in [-0.05, 0) is 50.5 Å². The van der Waals surface area contributed by atoms with Gasteiger partial charge < -0.3 is 19.5 Å². The number of carbonyl (C=O) groups is 1. The maximum absolute atomic E-state index is 12.7. The fourth-order valence-electron chi connectivity index (χ4n) is 4.91. The maximum atomic E-state index is 12.7. The Morgan fingerprint density at radius 1 is 1.06 bits per heavy atom. The van der Waals surface area contributed by atoms with E-state index in [1.807, 2.05) is 20.8 Å². The van der Waals surface area contributed by atoms with Crippen LogP contribution in [-0.2, 0) is 11.2 Å². The van der Waals surface area contributed by atoms with E-state index < -0.39 is 0 Å². The predicted octanol–water partition coefficient (Wildman–Crippen LogP) is 4.13. The fourth-order valence-corrected chi connectivity index (χ4v) is 4.91. The second-order valence-corrected chi connectivity index (χ2v) is 9.12. The second-order valence-electron chi connectivity index (χ2n) is 9.12. The van der Waals surface area contributed by atoms with E-state index >= 15 is 0 Å². The standard InChI is InChI=1S/C27H31N5O3/c1-17-15-22-9-10-23(31-11-13-34-14-12-31)16-24(22)26(29-32(17)27(33)28-4)21-7-5-20(6-8-21)25-18(2)30-35-19(25)3/h5-10,16-17H,11-15H2,1-4H3,(H,28,33). The Hall–Kier alpha value is -3.65. The monoisotopic (exact) mass is 473 g/mol. The number of hydrazone groups is 1. The summed E-state index contributed by atoms with van der Waals surface area (Å²) in [5, 5.41) is 13.3. The summed E-state index contributed by atoms with van der Waals surface area (Å²) in [6.07, 6.45) is 0.719. The molecule has 1 saturated heterocycles. The van der Waals surface area contributed by atoms with E-state index in [1.54, 1.807) is 12.1 Å². The summed E-state index contributed by atoms with van der Waals surface area (Å²) >= 11 is 0. The van der Waals surface area contributed by atoms with Crippen molar-refractivity contribution in [1.82, 2.24) is 15.5 Å². The number of aromatic nitrogens is 1. The fraction of sp³-hybridized carbons (Fsp3) is 0.370. The van der Waals surface area contributed by atoms with Crippen molar-refractivity contribution in [3.8, 4) is 11.1 Å². The zero-order chi connectivity index (χ0) is 24.5. The third kappa shape index (κ3) is 4.41. The lowest BCUT2D eigenvalue weighted by atomic mass is 9.93. The first-order chi connectivity index (χ1) is 17.0. The van der Waals surface area contributed by atoms with Gasteiger partial charge in [0.15, 0.2) is 0 Å². The number of benzene rings is 2. The number of nitrogens with zero attached hydrogens (tertiary/aromatic N) is 4. The molecule has 1 fully saturated rings. The van der Waals surface area contributed by atoms with Gasteiger partial charge in [0.2, 0.25) is 0 Å². The molecule has 0 saturated carbocycles. The number of nitrogens with one attached hydrogen (secondary N) is 1. The van der Waals surface area contributed by atoms with Gasteiger partial charge in [-0.25, -0.2) is 9.80 Å². The third-order valence-corrected chi connectivity index (χ3v) is 6.77. The molecule has 0 spiro atoms. The SMILES string of the molecule is CNC(=O)N1N=C(c2ccc(-c3c(C)noc3C)cc2)c2cc(N3CCOCC3)ccc2CC1C. The van der Waals surface area contributed by atoms with Crippen LogP contribution in [0.25, 0.3) is 11.1 Å². The first kappa shape index (κ1) is 23.1. The van der Waals surface area contributed by atoms with Gasteiger partial charge in [0.05, 0.1) is 30.7 Å². The average Bonchev–Trinajstić information content (AvgIpc) is 3.14. The topological polar surface area (TPSA) is 83.2 Å². The van der Waals surface area contributed by atoms with Crippen molar-refractivity contribution in [2.24, 2.45) is 5.10 Å². The number of morpholine rings is 1. The number of aryl methyl sites for hydroxylation is 2. The van der Waals surface area contributed by atoms with Crippen molar-refractivity contribution in [2.75, 3.05) is 38.3 Å². The molecule has 1 N–H and O–H groups in total. The van der Waals surface area contributed by atoms with Crippen LogP contribution in [0.3, 0.4) is 0 Å². The Bertz CT molecular complexity index is 1240. The van der Waals surface area contributed by atoms with Crippen molar-refractivity contribution >= 4 is 17.4 Å². The van der Waals surface area contributed by atoms with Gasteiger partial charge in [-0.15, -0.1) is 0 Å². The Labute approximate surface area is 205 Å². The minimum absolute atomic E-state index is 0.0815. The van der Waals surface area contributed by atoms with E-state index in [9.17, 15) is 4.79 Å². The van der Waals surface area contributed by atoms with Crippen molar-refractivity contribution in [3.63, 3.8) is 0 Å². The molecule has 2 amide bonds. The molecule has 3 heterocycles. The number of anilines is 1. The summed E-state index contributed by atoms with van der Waals surface area (Å²) in [6, 6.07) is 14.5. The molecule has 0 radical (unpaired) electrons. The average molecular weight is 474 g/mol. The summed E-state index contributed by atoms with van der Waals surface area (Å²) in [6.45, 7) is 9.06. The lowest BCUT2D eigenvalue weighted by molar-refractivity contribution is 0.122. The highest BCUT2D eigenvalue weighted by atomic mass is 16.5. The van der Waals surface area contributed by atoms with Crippen LogP contribution in [0.4, 0.5) is 10.5 Å². The molecule has 5 rings (SSSR count). The van der Waals surface area contributed by atoms with Gasteiger partial charge >= 0.3 is 6.03 Å².